The molecule has 26 heteroatoms. The summed E-state index contributed by atoms with van der Waals surface area (Å²) in [6.45, 7) is 1.99. The first-order chi connectivity index (χ1) is 26.3. The maximum atomic E-state index is 13.4. The first kappa shape index (κ1) is 40.7. The molecule has 2 aliphatic rings. The van der Waals surface area contributed by atoms with E-state index in [-0.39, 0.29) is 67.9 Å². The topological polar surface area (TPSA) is 348 Å². The average molecular weight is 837 g/mol. The largest absolute Gasteiger partial charge is 0.503 e. The van der Waals surface area contributed by atoms with Gasteiger partial charge in [0.1, 0.15) is 45.6 Å². The molecule has 0 saturated carbocycles. The zero-order valence-electron chi connectivity index (χ0n) is 28.9. The van der Waals surface area contributed by atoms with E-state index < -0.39 is 75.2 Å². The van der Waals surface area contributed by atoms with Gasteiger partial charge in [0, 0.05) is 30.4 Å². The van der Waals surface area contributed by atoms with Crippen LogP contribution in [0.15, 0.2) is 46.0 Å². The molecule has 1 saturated heterocycles. The van der Waals surface area contributed by atoms with Gasteiger partial charge in [-0.15, -0.1) is 11.8 Å². The number of hydrogen-bond donors (Lipinski definition) is 9. The average Bonchev–Trinajstić information content (AvgIpc) is 3.46. The lowest BCUT2D eigenvalue weighted by molar-refractivity contribution is -0.691. The van der Waals surface area contributed by atoms with Crippen molar-refractivity contribution < 1.29 is 58.7 Å². The van der Waals surface area contributed by atoms with Gasteiger partial charge in [0.15, 0.2) is 22.3 Å². The predicted molar refractivity (Wildman–Crippen MR) is 195 cm³/mol. The quantitative estimate of drug-likeness (QED) is 0.0294. The summed E-state index contributed by atoms with van der Waals surface area (Å²) in [6.07, 6.45) is 2.99. The SMILES string of the molecule is CC(C)(O/N=C(\C(=O)N[C@@H]1C(=O)N2C(C(=O)O)=C(C[n+]3cnc(N)c(NC(=O)CCNC(=O)c4cc(=O)c(O)cn4O)c3)CSC12)c1nc(N)sc1Cl)C(=O)O. The van der Waals surface area contributed by atoms with Gasteiger partial charge < -0.3 is 52.8 Å². The maximum absolute atomic E-state index is 13.4. The molecule has 1 unspecified atom stereocenters. The van der Waals surface area contributed by atoms with Gasteiger partial charge in [-0.25, -0.2) is 19.1 Å². The number of carbonyl (C=O) groups excluding carboxylic acids is 4. The van der Waals surface area contributed by atoms with Crippen molar-refractivity contribution in [2.75, 3.05) is 29.1 Å². The van der Waals surface area contributed by atoms with Crippen LogP contribution in [-0.2, 0) is 35.4 Å². The van der Waals surface area contributed by atoms with E-state index in [9.17, 15) is 54.1 Å². The lowest BCUT2D eigenvalue weighted by Crippen LogP contribution is -2.71. The molecule has 2 atom stereocenters. The van der Waals surface area contributed by atoms with Crippen LogP contribution in [0.4, 0.5) is 16.6 Å². The molecule has 0 bridgehead atoms. The molecule has 11 N–H and O–H groups in total. The summed E-state index contributed by atoms with van der Waals surface area (Å²) in [6, 6.07) is -0.540. The van der Waals surface area contributed by atoms with E-state index in [1.165, 1.54) is 30.9 Å². The van der Waals surface area contributed by atoms with Crippen LogP contribution in [0.2, 0.25) is 4.34 Å². The van der Waals surface area contributed by atoms with Crippen molar-refractivity contribution in [1.29, 1.82) is 0 Å². The number of nitrogen functional groups attached to an aromatic ring is 2. The number of pyridine rings is 1. The fourth-order valence-corrected chi connectivity index (χ4v) is 7.28. The number of carboxylic acids is 2. The van der Waals surface area contributed by atoms with Gasteiger partial charge >= 0.3 is 11.9 Å². The zero-order valence-corrected chi connectivity index (χ0v) is 31.3. The number of carbonyl (C=O) groups is 6. The fraction of sp³-hybridized carbons (Fsp3) is 0.300. The molecule has 2 aliphatic heterocycles. The molecule has 4 amide bonds. The Kier molecular flexibility index (Phi) is 11.7. The third-order valence-electron chi connectivity index (χ3n) is 7.90. The molecule has 3 aromatic rings. The summed E-state index contributed by atoms with van der Waals surface area (Å²) in [5, 5.41) is 48.8. The van der Waals surface area contributed by atoms with E-state index in [2.05, 4.69) is 31.1 Å². The molecule has 0 radical (unpaired) electrons. The summed E-state index contributed by atoms with van der Waals surface area (Å²) in [5.41, 5.74) is 7.52. The molecule has 296 valence electrons. The number of nitrogens with two attached hydrogens (primary N) is 2. The highest BCUT2D eigenvalue weighted by Crippen LogP contribution is 2.40. The number of fused-ring (bicyclic) bond motifs is 1. The number of anilines is 3. The summed E-state index contributed by atoms with van der Waals surface area (Å²) in [4.78, 5) is 102. The van der Waals surface area contributed by atoms with E-state index in [0.29, 0.717) is 12.3 Å². The highest BCUT2D eigenvalue weighted by atomic mass is 35.5. The Morgan fingerprint density at radius 2 is 1.91 bits per heavy atom. The van der Waals surface area contributed by atoms with Crippen LogP contribution in [0.5, 0.6) is 5.75 Å². The van der Waals surface area contributed by atoms with Gasteiger partial charge in [0.2, 0.25) is 16.9 Å². The third kappa shape index (κ3) is 8.58. The molecule has 0 aromatic carbocycles. The monoisotopic (exact) mass is 836 g/mol. The maximum Gasteiger partial charge on any atom is 0.352 e. The van der Waals surface area contributed by atoms with Gasteiger partial charge in [-0.05, 0) is 18.8 Å². The van der Waals surface area contributed by atoms with Crippen molar-refractivity contribution in [3.63, 3.8) is 0 Å². The number of aliphatic carboxylic acids is 2. The lowest BCUT2D eigenvalue weighted by atomic mass is 10.0. The molecule has 56 heavy (non-hydrogen) atoms. The molecule has 3 aromatic heterocycles. The fourth-order valence-electron chi connectivity index (χ4n) is 5.02. The summed E-state index contributed by atoms with van der Waals surface area (Å²) < 4.78 is 1.59. The minimum Gasteiger partial charge on any atom is -0.503 e. The Balaban J connectivity index is 1.26. The second-order valence-corrected chi connectivity index (χ2v) is 15.0. The van der Waals surface area contributed by atoms with Crippen LogP contribution >= 0.6 is 34.7 Å². The highest BCUT2D eigenvalue weighted by Gasteiger charge is 2.54. The first-order valence-electron chi connectivity index (χ1n) is 15.8. The first-order valence-corrected chi connectivity index (χ1v) is 18.0. The van der Waals surface area contributed by atoms with E-state index in [4.69, 9.17) is 27.9 Å². The number of β-lactam (4-membered cyclic amide) rings is 1. The summed E-state index contributed by atoms with van der Waals surface area (Å²) in [7, 11) is 0. The van der Waals surface area contributed by atoms with Crippen molar-refractivity contribution in [1.82, 2.24) is 30.2 Å². The van der Waals surface area contributed by atoms with E-state index in [1.807, 2.05) is 0 Å². The number of nitrogens with zero attached hydrogens (tertiary/aromatic N) is 6. The molecular weight excluding hydrogens is 806 g/mol. The Hall–Kier alpha value is -6.47. The van der Waals surface area contributed by atoms with Crippen LogP contribution in [-0.4, -0.2) is 111 Å². The number of amides is 4. The molecule has 0 spiro atoms. The van der Waals surface area contributed by atoms with Gasteiger partial charge in [0.05, 0.1) is 6.20 Å². The van der Waals surface area contributed by atoms with Gasteiger partial charge in [-0.2, -0.15) is 4.73 Å². The number of hydrogen-bond acceptors (Lipinski definition) is 17. The molecule has 5 rings (SSSR count). The number of thioether (sulfide) groups is 1. The van der Waals surface area contributed by atoms with Crippen molar-refractivity contribution in [3.05, 3.63) is 62.0 Å². The van der Waals surface area contributed by atoms with E-state index >= 15 is 0 Å². The minimum atomic E-state index is -1.88. The lowest BCUT2D eigenvalue weighted by Gasteiger charge is -2.49. The molecule has 5 heterocycles. The molecule has 23 nitrogen and oxygen atoms in total. The Labute approximate surface area is 326 Å². The van der Waals surface area contributed by atoms with Crippen LogP contribution < -0.4 is 37.4 Å². The van der Waals surface area contributed by atoms with Crippen LogP contribution in [0, 0.1) is 0 Å². The Bertz CT molecular complexity index is 2290. The second kappa shape index (κ2) is 16.1. The molecule has 0 aliphatic carbocycles. The Morgan fingerprint density at radius 3 is 2.55 bits per heavy atom. The second-order valence-electron chi connectivity index (χ2n) is 12.3. The number of thiazole rings is 1. The number of aromatic hydroxyl groups is 1. The van der Waals surface area contributed by atoms with E-state index in [1.54, 1.807) is 0 Å². The Morgan fingerprint density at radius 1 is 1.20 bits per heavy atom. The van der Waals surface area contributed by atoms with E-state index in [0.717, 1.165) is 28.0 Å². The number of rotatable bonds is 14. The highest BCUT2D eigenvalue weighted by molar-refractivity contribution is 8.00. The molecular formula is C30H31ClN11O12S2+. The van der Waals surface area contributed by atoms with Crippen molar-refractivity contribution in [3.8, 4) is 5.75 Å². The minimum absolute atomic E-state index is 0.0309. The number of oxime groups is 1. The number of nitrogens with one attached hydrogen (secondary N) is 3. The summed E-state index contributed by atoms with van der Waals surface area (Å²) in [5.74, 6) is -7.00. The standard InChI is InChI=1S/C30H30ClN11O12S2/c1-30(2,28(51)52)54-39-18(17-21(31)56-29(33)38-17)24(47)37-19-25(48)42-20(27(49)50)11(9-55-26(19)42)6-40-7-12(22(32)35-10-40)36-16(45)3-4-34-23(46)13-5-14(43)15(44)8-41(13)53/h5,7-8,10,19,26,32,53H,3-4,6,9H2,1-2H3,(H8,33,34,36,37,38,44,45,46,47,49,50,51,52)/p+1/b39-18-/t19-,26?/m1/s1. The summed E-state index contributed by atoms with van der Waals surface area (Å²) >= 11 is 8.12. The number of carboxylic acid groups (broad SMARTS) is 2. The normalized spacial score (nSPS) is 16.7. The van der Waals surface area contributed by atoms with Gasteiger partial charge in [-0.3, -0.25) is 28.9 Å². The molecule has 1 fully saturated rings. The predicted octanol–water partition coefficient (Wildman–Crippen LogP) is -1.47. The van der Waals surface area contributed by atoms with Crippen LogP contribution in [0.3, 0.4) is 0 Å². The number of aromatic nitrogens is 4. The van der Waals surface area contributed by atoms with Crippen molar-refractivity contribution in [2.24, 2.45) is 5.16 Å². The van der Waals surface area contributed by atoms with Crippen LogP contribution in [0.1, 0.15) is 36.5 Å². The number of halogens is 1. The van der Waals surface area contributed by atoms with Crippen molar-refractivity contribution >= 4 is 92.6 Å². The van der Waals surface area contributed by atoms with Crippen molar-refractivity contribution in [2.45, 2.75) is 43.8 Å². The van der Waals surface area contributed by atoms with Crippen LogP contribution in [0.25, 0.3) is 0 Å². The van der Waals surface area contributed by atoms with Gasteiger partial charge in [0.25, 0.3) is 29.9 Å². The van der Waals surface area contributed by atoms with Gasteiger partial charge in [-0.1, -0.05) is 28.1 Å². The third-order valence-corrected chi connectivity index (χ3v) is 10.3. The smallest absolute Gasteiger partial charge is 0.352 e. The zero-order chi connectivity index (χ0) is 41.2.